The number of hydrogen-bond acceptors (Lipinski definition) is 4. The second-order valence-electron chi connectivity index (χ2n) is 6.42. The molecule has 1 aromatic heterocycles. The molecule has 0 bridgehead atoms. The molecule has 1 aliphatic heterocycles. The maximum atomic E-state index is 5.48. The van der Waals surface area contributed by atoms with E-state index in [9.17, 15) is 0 Å². The Morgan fingerprint density at radius 3 is 2.70 bits per heavy atom. The summed E-state index contributed by atoms with van der Waals surface area (Å²) in [4.78, 5) is 11.5. The third-order valence-corrected chi connectivity index (χ3v) is 4.49. The van der Waals surface area contributed by atoms with Gasteiger partial charge in [-0.1, -0.05) is 24.3 Å². The zero-order chi connectivity index (χ0) is 18.7. The highest BCUT2D eigenvalue weighted by molar-refractivity contribution is 5.79. The molecule has 1 saturated heterocycles. The van der Waals surface area contributed by atoms with Crippen molar-refractivity contribution in [1.82, 2.24) is 15.6 Å². The van der Waals surface area contributed by atoms with Gasteiger partial charge in [0.05, 0.1) is 19.8 Å². The summed E-state index contributed by atoms with van der Waals surface area (Å²) in [5.41, 5.74) is 3.58. The van der Waals surface area contributed by atoms with Crippen molar-refractivity contribution < 1.29 is 4.74 Å². The second-order valence-corrected chi connectivity index (χ2v) is 6.42. The Balaban J connectivity index is 1.61. The molecule has 27 heavy (non-hydrogen) atoms. The molecule has 0 amide bonds. The van der Waals surface area contributed by atoms with E-state index in [0.717, 1.165) is 57.5 Å². The van der Waals surface area contributed by atoms with Gasteiger partial charge in [-0.25, -0.2) is 4.99 Å². The third kappa shape index (κ3) is 5.96. The minimum Gasteiger partial charge on any atom is -0.378 e. The smallest absolute Gasteiger partial charge is 0.191 e. The van der Waals surface area contributed by atoms with Crippen LogP contribution in [-0.4, -0.2) is 50.3 Å². The number of anilines is 1. The number of ether oxygens (including phenoxy) is 1. The van der Waals surface area contributed by atoms with Gasteiger partial charge < -0.3 is 20.3 Å². The summed E-state index contributed by atoms with van der Waals surface area (Å²) in [5.74, 6) is 0.838. The molecular formula is C21H29N5O. The van der Waals surface area contributed by atoms with Crippen LogP contribution in [0.2, 0.25) is 0 Å². The van der Waals surface area contributed by atoms with Gasteiger partial charge in [0.25, 0.3) is 0 Å². The van der Waals surface area contributed by atoms with Gasteiger partial charge in [0.15, 0.2) is 5.96 Å². The molecule has 2 aromatic rings. The van der Waals surface area contributed by atoms with Crippen molar-refractivity contribution in [3.8, 4) is 0 Å². The minimum absolute atomic E-state index is 0.645. The first-order valence-corrected chi connectivity index (χ1v) is 9.69. The fourth-order valence-electron chi connectivity index (χ4n) is 3.12. The van der Waals surface area contributed by atoms with Crippen molar-refractivity contribution in [2.75, 3.05) is 44.3 Å². The number of para-hydroxylation sites is 1. The Labute approximate surface area is 161 Å². The highest BCUT2D eigenvalue weighted by Crippen LogP contribution is 2.22. The van der Waals surface area contributed by atoms with Gasteiger partial charge in [0.2, 0.25) is 0 Å². The SMILES string of the molecule is CCNC(=NCc1ccccc1N1CCOCC1)NCCc1ccccn1. The summed E-state index contributed by atoms with van der Waals surface area (Å²) >= 11 is 0. The molecule has 0 spiro atoms. The average molecular weight is 367 g/mol. The van der Waals surface area contributed by atoms with E-state index in [1.165, 1.54) is 11.3 Å². The van der Waals surface area contributed by atoms with Crippen LogP contribution in [-0.2, 0) is 17.7 Å². The lowest BCUT2D eigenvalue weighted by Gasteiger charge is -2.30. The monoisotopic (exact) mass is 367 g/mol. The van der Waals surface area contributed by atoms with Crippen molar-refractivity contribution in [3.05, 3.63) is 59.9 Å². The normalized spacial score (nSPS) is 14.9. The molecule has 0 unspecified atom stereocenters. The van der Waals surface area contributed by atoms with Crippen LogP contribution in [0.5, 0.6) is 0 Å². The van der Waals surface area contributed by atoms with E-state index >= 15 is 0 Å². The Kier molecular flexibility index (Phi) is 7.47. The molecule has 0 radical (unpaired) electrons. The molecule has 2 heterocycles. The molecule has 0 saturated carbocycles. The lowest BCUT2D eigenvalue weighted by Crippen LogP contribution is -2.38. The van der Waals surface area contributed by atoms with Crippen molar-refractivity contribution in [3.63, 3.8) is 0 Å². The predicted molar refractivity (Wildman–Crippen MR) is 110 cm³/mol. The third-order valence-electron chi connectivity index (χ3n) is 4.49. The number of nitrogens with zero attached hydrogens (tertiary/aromatic N) is 3. The maximum absolute atomic E-state index is 5.48. The van der Waals surface area contributed by atoms with E-state index in [4.69, 9.17) is 9.73 Å². The van der Waals surface area contributed by atoms with Crippen LogP contribution in [0, 0.1) is 0 Å². The summed E-state index contributed by atoms with van der Waals surface area (Å²) in [6.07, 6.45) is 2.70. The van der Waals surface area contributed by atoms with Gasteiger partial charge in [-0.2, -0.15) is 0 Å². The zero-order valence-electron chi connectivity index (χ0n) is 16.0. The van der Waals surface area contributed by atoms with Gasteiger partial charge in [-0.05, 0) is 30.7 Å². The Hall–Kier alpha value is -2.60. The van der Waals surface area contributed by atoms with E-state index in [-0.39, 0.29) is 0 Å². The van der Waals surface area contributed by atoms with Gasteiger partial charge in [-0.3, -0.25) is 4.98 Å². The van der Waals surface area contributed by atoms with Crippen LogP contribution in [0.25, 0.3) is 0 Å². The zero-order valence-corrected chi connectivity index (χ0v) is 16.0. The number of hydrogen-bond donors (Lipinski definition) is 2. The molecule has 1 fully saturated rings. The highest BCUT2D eigenvalue weighted by atomic mass is 16.5. The number of benzene rings is 1. The van der Waals surface area contributed by atoms with Crippen LogP contribution < -0.4 is 15.5 Å². The number of morpholine rings is 1. The van der Waals surface area contributed by atoms with Gasteiger partial charge >= 0.3 is 0 Å². The lowest BCUT2D eigenvalue weighted by atomic mass is 10.1. The van der Waals surface area contributed by atoms with Crippen molar-refractivity contribution in [1.29, 1.82) is 0 Å². The first-order valence-electron chi connectivity index (χ1n) is 9.69. The fraction of sp³-hybridized carbons (Fsp3) is 0.429. The summed E-state index contributed by atoms with van der Waals surface area (Å²) in [6.45, 7) is 7.80. The fourth-order valence-corrected chi connectivity index (χ4v) is 3.12. The van der Waals surface area contributed by atoms with Crippen molar-refractivity contribution in [2.24, 2.45) is 4.99 Å². The highest BCUT2D eigenvalue weighted by Gasteiger charge is 2.14. The first kappa shape index (κ1) is 19.2. The van der Waals surface area contributed by atoms with E-state index in [1.54, 1.807) is 0 Å². The predicted octanol–water partition coefficient (Wildman–Crippen LogP) is 2.22. The van der Waals surface area contributed by atoms with E-state index in [1.807, 2.05) is 24.4 Å². The van der Waals surface area contributed by atoms with Crippen LogP contribution >= 0.6 is 0 Å². The van der Waals surface area contributed by atoms with E-state index in [0.29, 0.717) is 6.54 Å². The van der Waals surface area contributed by atoms with Crippen LogP contribution in [0.3, 0.4) is 0 Å². The average Bonchev–Trinajstić information content (AvgIpc) is 2.74. The Bertz CT molecular complexity index is 714. The first-order chi connectivity index (χ1) is 13.4. The Morgan fingerprint density at radius 1 is 1.11 bits per heavy atom. The lowest BCUT2D eigenvalue weighted by molar-refractivity contribution is 0.122. The van der Waals surface area contributed by atoms with E-state index < -0.39 is 0 Å². The molecule has 6 nitrogen and oxygen atoms in total. The van der Waals surface area contributed by atoms with Crippen LogP contribution in [0.15, 0.2) is 53.7 Å². The minimum atomic E-state index is 0.645. The van der Waals surface area contributed by atoms with E-state index in [2.05, 4.69) is 51.7 Å². The molecule has 0 aliphatic carbocycles. The molecule has 1 aliphatic rings. The standard InChI is InChI=1S/C21H29N5O/c1-2-22-21(24-12-10-19-8-5-6-11-23-19)25-17-18-7-3-4-9-20(18)26-13-15-27-16-14-26/h3-9,11H,2,10,12-17H2,1H3,(H2,22,24,25). The maximum Gasteiger partial charge on any atom is 0.191 e. The van der Waals surface area contributed by atoms with Crippen LogP contribution in [0.1, 0.15) is 18.2 Å². The van der Waals surface area contributed by atoms with Gasteiger partial charge in [-0.15, -0.1) is 0 Å². The molecule has 6 heteroatoms. The number of pyridine rings is 1. The van der Waals surface area contributed by atoms with Gasteiger partial charge in [0.1, 0.15) is 0 Å². The molecule has 0 atom stereocenters. The summed E-state index contributed by atoms with van der Waals surface area (Å²) in [5, 5.41) is 6.73. The molecule has 3 rings (SSSR count). The molecule has 2 N–H and O–H groups in total. The topological polar surface area (TPSA) is 61.8 Å². The number of rotatable bonds is 7. The quantitative estimate of drug-likeness (QED) is 0.580. The Morgan fingerprint density at radius 2 is 1.93 bits per heavy atom. The molecule has 1 aromatic carbocycles. The van der Waals surface area contributed by atoms with Crippen molar-refractivity contribution in [2.45, 2.75) is 19.9 Å². The number of guanidine groups is 1. The van der Waals surface area contributed by atoms with Crippen molar-refractivity contribution >= 4 is 11.6 Å². The number of nitrogens with one attached hydrogen (secondary N) is 2. The number of aliphatic imine (C=N–C) groups is 1. The second kappa shape index (κ2) is 10.5. The molecular weight excluding hydrogens is 338 g/mol. The van der Waals surface area contributed by atoms with Crippen LogP contribution in [0.4, 0.5) is 5.69 Å². The number of aromatic nitrogens is 1. The summed E-state index contributed by atoms with van der Waals surface area (Å²) < 4.78 is 5.48. The molecule has 144 valence electrons. The summed E-state index contributed by atoms with van der Waals surface area (Å²) in [7, 11) is 0. The summed E-state index contributed by atoms with van der Waals surface area (Å²) in [6, 6.07) is 14.5. The van der Waals surface area contributed by atoms with Gasteiger partial charge in [0, 0.05) is 50.2 Å². The largest absolute Gasteiger partial charge is 0.378 e.